The summed E-state index contributed by atoms with van der Waals surface area (Å²) in [5.41, 5.74) is 0.0322. The lowest BCUT2D eigenvalue weighted by Crippen LogP contribution is -2.43. The van der Waals surface area contributed by atoms with E-state index in [-0.39, 0.29) is 5.56 Å². The number of aliphatic hydroxyl groups excluding tert-OH is 1. The first-order chi connectivity index (χ1) is 9.49. The fourth-order valence-electron chi connectivity index (χ4n) is 2.73. The minimum Gasteiger partial charge on any atom is -0.387 e. The van der Waals surface area contributed by atoms with Gasteiger partial charge in [0, 0.05) is 18.2 Å². The molecule has 1 atom stereocenters. The van der Waals surface area contributed by atoms with Crippen molar-refractivity contribution in [1.82, 2.24) is 9.80 Å². The van der Waals surface area contributed by atoms with Crippen molar-refractivity contribution in [2.24, 2.45) is 0 Å². The summed E-state index contributed by atoms with van der Waals surface area (Å²) in [7, 11) is 4.02. The monoisotopic (exact) mass is 284 g/mol. The zero-order valence-electron chi connectivity index (χ0n) is 12.0. The molecule has 0 aromatic heterocycles. The largest absolute Gasteiger partial charge is 0.387 e. The molecule has 1 fully saturated rings. The zero-order valence-corrected chi connectivity index (χ0v) is 12.0. The highest BCUT2D eigenvalue weighted by atomic mass is 19.2. The lowest BCUT2D eigenvalue weighted by molar-refractivity contribution is 0.0766. The second-order valence-corrected chi connectivity index (χ2v) is 5.63. The predicted octanol–water partition coefficient (Wildman–Crippen LogP) is 2.02. The Morgan fingerprint density at radius 3 is 2.65 bits per heavy atom. The van der Waals surface area contributed by atoms with Gasteiger partial charge in [0.2, 0.25) is 0 Å². The molecular formula is C15H22F2N2O. The average Bonchev–Trinajstić information content (AvgIpc) is 2.42. The number of rotatable bonds is 4. The third-order valence-corrected chi connectivity index (χ3v) is 4.11. The summed E-state index contributed by atoms with van der Waals surface area (Å²) >= 11 is 0. The third-order valence-electron chi connectivity index (χ3n) is 4.11. The maximum Gasteiger partial charge on any atom is 0.164 e. The summed E-state index contributed by atoms with van der Waals surface area (Å²) < 4.78 is 26.8. The van der Waals surface area contributed by atoms with E-state index in [4.69, 9.17) is 0 Å². The van der Waals surface area contributed by atoms with Crippen LogP contribution in [-0.2, 0) is 0 Å². The first-order valence-corrected chi connectivity index (χ1v) is 6.99. The van der Waals surface area contributed by atoms with Crippen LogP contribution in [0, 0.1) is 11.6 Å². The number of nitrogens with zero attached hydrogens (tertiary/aromatic N) is 2. The number of halogens is 2. The Morgan fingerprint density at radius 2 is 2.00 bits per heavy atom. The number of hydrogen-bond acceptors (Lipinski definition) is 3. The molecule has 1 aromatic carbocycles. The second-order valence-electron chi connectivity index (χ2n) is 5.63. The molecule has 0 saturated carbocycles. The molecule has 0 amide bonds. The van der Waals surface area contributed by atoms with Crippen LogP contribution in [0.3, 0.4) is 0 Å². The van der Waals surface area contributed by atoms with E-state index < -0.39 is 17.7 Å². The molecule has 112 valence electrons. The van der Waals surface area contributed by atoms with Crippen LogP contribution >= 0.6 is 0 Å². The number of hydrogen-bond donors (Lipinski definition) is 1. The molecule has 5 heteroatoms. The minimum atomic E-state index is -1.00. The zero-order chi connectivity index (χ0) is 14.7. The molecule has 20 heavy (non-hydrogen) atoms. The van der Waals surface area contributed by atoms with E-state index in [0.29, 0.717) is 12.6 Å². The Labute approximate surface area is 118 Å². The molecule has 1 heterocycles. The van der Waals surface area contributed by atoms with Gasteiger partial charge < -0.3 is 14.9 Å². The van der Waals surface area contributed by atoms with Gasteiger partial charge >= 0.3 is 0 Å². The van der Waals surface area contributed by atoms with Gasteiger partial charge in [-0.05, 0) is 46.1 Å². The van der Waals surface area contributed by atoms with Crippen LogP contribution in [0.1, 0.15) is 24.5 Å². The van der Waals surface area contributed by atoms with Crippen LogP contribution < -0.4 is 0 Å². The number of piperidine rings is 1. The highest BCUT2D eigenvalue weighted by Gasteiger charge is 2.24. The van der Waals surface area contributed by atoms with E-state index in [1.54, 1.807) is 0 Å². The summed E-state index contributed by atoms with van der Waals surface area (Å²) in [6.07, 6.45) is 1.06. The molecule has 1 aliphatic rings. The van der Waals surface area contributed by atoms with Crippen LogP contribution in [0.15, 0.2) is 18.2 Å². The van der Waals surface area contributed by atoms with Gasteiger partial charge in [0.1, 0.15) is 0 Å². The summed E-state index contributed by atoms with van der Waals surface area (Å²) in [6.45, 7) is 2.37. The number of likely N-dealkylation sites (tertiary alicyclic amines) is 1. The maximum absolute atomic E-state index is 13.6. The smallest absolute Gasteiger partial charge is 0.164 e. The first kappa shape index (κ1) is 15.4. The Balaban J connectivity index is 1.97. The van der Waals surface area contributed by atoms with Crippen LogP contribution in [0.25, 0.3) is 0 Å². The molecule has 2 rings (SSSR count). The minimum absolute atomic E-state index is 0.0322. The molecule has 0 aliphatic carbocycles. The Morgan fingerprint density at radius 1 is 1.35 bits per heavy atom. The molecule has 3 nitrogen and oxygen atoms in total. The van der Waals surface area contributed by atoms with Crippen molar-refractivity contribution in [3.63, 3.8) is 0 Å². The van der Waals surface area contributed by atoms with Crippen molar-refractivity contribution < 1.29 is 13.9 Å². The van der Waals surface area contributed by atoms with E-state index in [1.165, 1.54) is 12.1 Å². The van der Waals surface area contributed by atoms with Crippen molar-refractivity contribution >= 4 is 0 Å². The lowest BCUT2D eigenvalue weighted by Gasteiger charge is -2.36. The summed E-state index contributed by atoms with van der Waals surface area (Å²) in [6, 6.07) is 4.31. The molecule has 1 saturated heterocycles. The van der Waals surface area contributed by atoms with E-state index >= 15 is 0 Å². The normalized spacial score (nSPS) is 19.5. The Bertz CT molecular complexity index is 447. The topological polar surface area (TPSA) is 26.7 Å². The molecule has 1 unspecified atom stereocenters. The standard InChI is InChI=1S/C15H22F2N2O/c1-18-8-6-11(7-9-18)19(2)10-14(20)12-4-3-5-13(16)15(12)17/h3-5,11,14,20H,6-10H2,1-2H3. The molecule has 0 spiro atoms. The van der Waals surface area contributed by atoms with Gasteiger partial charge in [0.05, 0.1) is 6.10 Å². The highest BCUT2D eigenvalue weighted by molar-refractivity contribution is 5.21. The average molecular weight is 284 g/mol. The van der Waals surface area contributed by atoms with Crippen molar-refractivity contribution in [3.8, 4) is 0 Å². The van der Waals surface area contributed by atoms with Crippen molar-refractivity contribution in [1.29, 1.82) is 0 Å². The van der Waals surface area contributed by atoms with Gasteiger partial charge in [0.25, 0.3) is 0 Å². The van der Waals surface area contributed by atoms with E-state index in [2.05, 4.69) is 11.9 Å². The number of likely N-dealkylation sites (N-methyl/N-ethyl adjacent to an activating group) is 1. The molecule has 0 bridgehead atoms. The maximum atomic E-state index is 13.6. The van der Waals surface area contributed by atoms with Crippen LogP contribution in [0.2, 0.25) is 0 Å². The molecule has 1 aromatic rings. The van der Waals surface area contributed by atoms with Gasteiger partial charge in [-0.2, -0.15) is 0 Å². The predicted molar refractivity (Wildman–Crippen MR) is 74.5 cm³/mol. The van der Waals surface area contributed by atoms with Crippen LogP contribution in [0.5, 0.6) is 0 Å². The van der Waals surface area contributed by atoms with Gasteiger partial charge in [-0.25, -0.2) is 8.78 Å². The van der Waals surface area contributed by atoms with E-state index in [0.717, 1.165) is 32.0 Å². The molecule has 1 aliphatic heterocycles. The van der Waals surface area contributed by atoms with Crippen LogP contribution in [-0.4, -0.2) is 54.7 Å². The summed E-state index contributed by atoms with van der Waals surface area (Å²) in [5.74, 6) is -1.86. The van der Waals surface area contributed by atoms with Gasteiger partial charge in [0.15, 0.2) is 11.6 Å². The first-order valence-electron chi connectivity index (χ1n) is 6.99. The van der Waals surface area contributed by atoms with Crippen molar-refractivity contribution in [3.05, 3.63) is 35.4 Å². The van der Waals surface area contributed by atoms with E-state index in [1.807, 2.05) is 11.9 Å². The summed E-state index contributed by atoms with van der Waals surface area (Å²) in [4.78, 5) is 4.31. The van der Waals surface area contributed by atoms with Crippen molar-refractivity contribution in [2.45, 2.75) is 25.0 Å². The van der Waals surface area contributed by atoms with E-state index in [9.17, 15) is 13.9 Å². The van der Waals surface area contributed by atoms with Gasteiger partial charge in [-0.3, -0.25) is 0 Å². The van der Waals surface area contributed by atoms with Gasteiger partial charge in [-0.15, -0.1) is 0 Å². The molecule has 1 N–H and O–H groups in total. The Hall–Kier alpha value is -1.04. The second kappa shape index (κ2) is 6.61. The molecule has 0 radical (unpaired) electrons. The molecular weight excluding hydrogens is 262 g/mol. The third kappa shape index (κ3) is 3.53. The SMILES string of the molecule is CN1CCC(N(C)CC(O)c2cccc(F)c2F)CC1. The fraction of sp³-hybridized carbons (Fsp3) is 0.600. The highest BCUT2D eigenvalue weighted by Crippen LogP contribution is 2.22. The van der Waals surface area contributed by atoms with Crippen LogP contribution in [0.4, 0.5) is 8.78 Å². The Kier molecular flexibility index (Phi) is 5.07. The van der Waals surface area contributed by atoms with Crippen molar-refractivity contribution in [2.75, 3.05) is 33.7 Å². The van der Waals surface area contributed by atoms with Gasteiger partial charge in [-0.1, -0.05) is 12.1 Å². The summed E-state index contributed by atoms with van der Waals surface area (Å²) in [5, 5.41) is 10.1. The number of aliphatic hydroxyl groups is 1. The number of benzene rings is 1. The lowest BCUT2D eigenvalue weighted by atomic mass is 10.0. The fourth-order valence-corrected chi connectivity index (χ4v) is 2.73. The quantitative estimate of drug-likeness (QED) is 0.916.